The summed E-state index contributed by atoms with van der Waals surface area (Å²) in [4.78, 5) is 21.7. The number of benzene rings is 1. The van der Waals surface area contributed by atoms with E-state index in [1.165, 1.54) is 13.0 Å². The Hall–Kier alpha value is -2.15. The average Bonchev–Trinajstić information content (AvgIpc) is 2.31. The maximum absolute atomic E-state index is 11.2. The smallest absolute Gasteiger partial charge is 0.276 e. The Bertz CT molecular complexity index is 570. The van der Waals surface area contributed by atoms with Crippen LogP contribution in [-0.4, -0.2) is 22.5 Å². The van der Waals surface area contributed by atoms with Crippen LogP contribution in [0.25, 0.3) is 0 Å². The molecule has 4 N–H and O–H groups in total. The highest BCUT2D eigenvalue weighted by molar-refractivity contribution is 5.83. The Labute approximate surface area is 123 Å². The van der Waals surface area contributed by atoms with Crippen LogP contribution < -0.4 is 16.2 Å². The van der Waals surface area contributed by atoms with Crippen molar-refractivity contribution in [3.63, 3.8) is 0 Å². The molecule has 0 spiro atoms. The Morgan fingerprint density at radius 3 is 2.48 bits per heavy atom. The van der Waals surface area contributed by atoms with Crippen LogP contribution in [0.2, 0.25) is 0 Å². The number of nitro benzene ring substituents is 1. The van der Waals surface area contributed by atoms with Crippen molar-refractivity contribution in [2.45, 2.75) is 45.8 Å². The lowest BCUT2D eigenvalue weighted by atomic mass is 9.95. The van der Waals surface area contributed by atoms with Gasteiger partial charge < -0.3 is 16.2 Å². The van der Waals surface area contributed by atoms with E-state index in [9.17, 15) is 14.9 Å². The molecule has 1 amide bonds. The first kappa shape index (κ1) is 16.9. The zero-order valence-electron chi connectivity index (χ0n) is 12.7. The molecule has 2 unspecified atom stereocenters. The first-order chi connectivity index (χ1) is 9.54. The number of amides is 1. The number of nitrogens with two attached hydrogens (primary N) is 2. The molecular formula is C14H21N3O4. The average molecular weight is 295 g/mol. The van der Waals surface area contributed by atoms with E-state index in [1.807, 2.05) is 0 Å². The van der Waals surface area contributed by atoms with Gasteiger partial charge in [-0.05, 0) is 39.3 Å². The third kappa shape index (κ3) is 4.16. The first-order valence-electron chi connectivity index (χ1n) is 6.55. The van der Waals surface area contributed by atoms with Crippen molar-refractivity contribution < 1.29 is 14.5 Å². The molecule has 0 saturated carbocycles. The van der Waals surface area contributed by atoms with Crippen molar-refractivity contribution in [2.24, 2.45) is 11.5 Å². The van der Waals surface area contributed by atoms with Crippen molar-refractivity contribution in [2.75, 3.05) is 0 Å². The molecule has 116 valence electrons. The van der Waals surface area contributed by atoms with Gasteiger partial charge in [0.25, 0.3) is 5.69 Å². The van der Waals surface area contributed by atoms with E-state index < -0.39 is 22.5 Å². The summed E-state index contributed by atoms with van der Waals surface area (Å²) in [6, 6.07) is 3.08. The standard InChI is InChI=1S/C14H21N3O4/c1-8-5-9(2)12(6-11(8)17(19)20)21-10(3)7-14(4,16)13(15)18/h5-6,10H,7,16H2,1-4H3,(H2,15,18). The summed E-state index contributed by atoms with van der Waals surface area (Å²) in [5, 5.41) is 11.0. The van der Waals surface area contributed by atoms with Gasteiger partial charge in [0.2, 0.25) is 5.91 Å². The normalized spacial score (nSPS) is 15.1. The number of hydrogen-bond donors (Lipinski definition) is 2. The van der Waals surface area contributed by atoms with Gasteiger partial charge >= 0.3 is 0 Å². The topological polar surface area (TPSA) is 121 Å². The Balaban J connectivity index is 2.95. The van der Waals surface area contributed by atoms with Gasteiger partial charge in [-0.25, -0.2) is 0 Å². The van der Waals surface area contributed by atoms with Crippen LogP contribution in [0, 0.1) is 24.0 Å². The van der Waals surface area contributed by atoms with E-state index in [0.717, 1.165) is 5.56 Å². The minimum Gasteiger partial charge on any atom is -0.490 e. The second-order valence-corrected chi connectivity index (χ2v) is 5.58. The van der Waals surface area contributed by atoms with Crippen molar-refractivity contribution >= 4 is 11.6 Å². The van der Waals surface area contributed by atoms with E-state index in [2.05, 4.69) is 0 Å². The van der Waals surface area contributed by atoms with Crippen LogP contribution in [-0.2, 0) is 4.79 Å². The van der Waals surface area contributed by atoms with Gasteiger partial charge in [0.1, 0.15) is 5.75 Å². The summed E-state index contributed by atoms with van der Waals surface area (Å²) >= 11 is 0. The molecule has 0 aliphatic heterocycles. The Morgan fingerprint density at radius 2 is 2.00 bits per heavy atom. The fraction of sp³-hybridized carbons (Fsp3) is 0.500. The van der Waals surface area contributed by atoms with Crippen LogP contribution in [0.1, 0.15) is 31.4 Å². The van der Waals surface area contributed by atoms with Gasteiger partial charge in [-0.15, -0.1) is 0 Å². The maximum atomic E-state index is 11.2. The summed E-state index contributed by atoms with van der Waals surface area (Å²) in [6.45, 7) is 6.73. The molecule has 1 aromatic carbocycles. The minimum atomic E-state index is -1.19. The molecule has 0 aliphatic carbocycles. The number of primary amides is 1. The lowest BCUT2D eigenvalue weighted by molar-refractivity contribution is -0.385. The molecule has 7 heteroatoms. The first-order valence-corrected chi connectivity index (χ1v) is 6.55. The Kier molecular flexibility index (Phi) is 4.90. The van der Waals surface area contributed by atoms with Gasteiger partial charge in [0, 0.05) is 12.0 Å². The molecule has 0 aliphatic rings. The van der Waals surface area contributed by atoms with Crippen LogP contribution >= 0.6 is 0 Å². The largest absolute Gasteiger partial charge is 0.490 e. The second kappa shape index (κ2) is 6.09. The second-order valence-electron chi connectivity index (χ2n) is 5.58. The van der Waals surface area contributed by atoms with Crippen LogP contribution in [0.5, 0.6) is 5.75 Å². The van der Waals surface area contributed by atoms with Crippen molar-refractivity contribution in [3.05, 3.63) is 33.4 Å². The summed E-state index contributed by atoms with van der Waals surface area (Å²) in [5.74, 6) is -0.218. The molecule has 7 nitrogen and oxygen atoms in total. The monoisotopic (exact) mass is 295 g/mol. The molecular weight excluding hydrogens is 274 g/mol. The highest BCUT2D eigenvalue weighted by atomic mass is 16.6. The zero-order chi connectivity index (χ0) is 16.4. The van der Waals surface area contributed by atoms with Gasteiger partial charge in [-0.2, -0.15) is 0 Å². The number of ether oxygens (including phenoxy) is 1. The van der Waals surface area contributed by atoms with Crippen LogP contribution in [0.3, 0.4) is 0 Å². The third-order valence-electron chi connectivity index (χ3n) is 3.29. The summed E-state index contributed by atoms with van der Waals surface area (Å²) < 4.78 is 5.68. The predicted molar refractivity (Wildman–Crippen MR) is 79.1 cm³/mol. The van der Waals surface area contributed by atoms with E-state index in [1.54, 1.807) is 26.8 Å². The number of aryl methyl sites for hydroxylation is 2. The molecule has 0 radical (unpaired) electrons. The van der Waals surface area contributed by atoms with E-state index >= 15 is 0 Å². The molecule has 0 bridgehead atoms. The quantitative estimate of drug-likeness (QED) is 0.609. The number of hydrogen-bond acceptors (Lipinski definition) is 5. The number of carbonyl (C=O) groups is 1. The summed E-state index contributed by atoms with van der Waals surface area (Å²) in [6.07, 6.45) is -0.197. The van der Waals surface area contributed by atoms with E-state index in [-0.39, 0.29) is 12.1 Å². The van der Waals surface area contributed by atoms with Crippen LogP contribution in [0.15, 0.2) is 12.1 Å². The lowest BCUT2D eigenvalue weighted by Gasteiger charge is -2.25. The molecule has 21 heavy (non-hydrogen) atoms. The minimum absolute atomic E-state index is 0.00629. The van der Waals surface area contributed by atoms with Gasteiger partial charge in [0.05, 0.1) is 22.6 Å². The number of carbonyl (C=O) groups excluding carboxylic acids is 1. The van der Waals surface area contributed by atoms with Crippen molar-refractivity contribution in [3.8, 4) is 5.75 Å². The van der Waals surface area contributed by atoms with Gasteiger partial charge in [-0.1, -0.05) is 0 Å². The van der Waals surface area contributed by atoms with Gasteiger partial charge in [-0.3, -0.25) is 14.9 Å². The maximum Gasteiger partial charge on any atom is 0.276 e. The summed E-state index contributed by atoms with van der Waals surface area (Å²) in [7, 11) is 0. The Morgan fingerprint density at radius 1 is 1.43 bits per heavy atom. The summed E-state index contributed by atoms with van der Waals surface area (Å²) in [5.41, 5.74) is 11.2. The molecule has 0 heterocycles. The SMILES string of the molecule is Cc1cc(C)c([N+](=O)[O-])cc1OC(C)CC(C)(N)C(N)=O. The number of nitrogens with zero attached hydrogens (tertiary/aromatic N) is 1. The highest BCUT2D eigenvalue weighted by Crippen LogP contribution is 2.29. The zero-order valence-corrected chi connectivity index (χ0v) is 12.7. The number of rotatable bonds is 6. The molecule has 1 aromatic rings. The molecule has 0 aromatic heterocycles. The predicted octanol–water partition coefficient (Wildman–Crippen LogP) is 1.57. The van der Waals surface area contributed by atoms with E-state index in [4.69, 9.17) is 16.2 Å². The fourth-order valence-electron chi connectivity index (χ4n) is 2.10. The van der Waals surface area contributed by atoms with Crippen molar-refractivity contribution in [1.29, 1.82) is 0 Å². The molecule has 0 saturated heterocycles. The van der Waals surface area contributed by atoms with E-state index in [0.29, 0.717) is 11.3 Å². The third-order valence-corrected chi connectivity index (χ3v) is 3.29. The molecule has 1 rings (SSSR count). The highest BCUT2D eigenvalue weighted by Gasteiger charge is 2.29. The number of nitro groups is 1. The van der Waals surface area contributed by atoms with Crippen LogP contribution in [0.4, 0.5) is 5.69 Å². The van der Waals surface area contributed by atoms with Crippen molar-refractivity contribution in [1.82, 2.24) is 0 Å². The molecule has 0 fully saturated rings. The fourth-order valence-corrected chi connectivity index (χ4v) is 2.10. The molecule has 2 atom stereocenters. The van der Waals surface area contributed by atoms with Gasteiger partial charge in [0.15, 0.2) is 0 Å². The lowest BCUT2D eigenvalue weighted by Crippen LogP contribution is -2.51.